The van der Waals surface area contributed by atoms with Gasteiger partial charge in [0.25, 0.3) is 0 Å². The number of hydrogen-bond acceptors (Lipinski definition) is 4. The average Bonchev–Trinajstić information content (AvgIpc) is 3.55. The van der Waals surface area contributed by atoms with Crippen molar-refractivity contribution >= 4 is 5.97 Å². The highest BCUT2D eigenvalue weighted by atomic mass is 16.5. The van der Waals surface area contributed by atoms with E-state index in [1.54, 1.807) is 7.11 Å². The lowest BCUT2D eigenvalue weighted by atomic mass is 9.87. The Labute approximate surface area is 174 Å². The molecule has 0 N–H and O–H groups in total. The Kier molecular flexibility index (Phi) is 7.18. The summed E-state index contributed by atoms with van der Waals surface area (Å²) in [5.41, 5.74) is 2.91. The Morgan fingerprint density at radius 2 is 1.83 bits per heavy atom. The lowest BCUT2D eigenvalue weighted by molar-refractivity contribution is -0.145. The maximum Gasteiger partial charge on any atom is 0.313 e. The van der Waals surface area contributed by atoms with E-state index in [0.717, 1.165) is 29.0 Å². The summed E-state index contributed by atoms with van der Waals surface area (Å²) < 4.78 is 17.3. The number of rotatable bonds is 10. The summed E-state index contributed by atoms with van der Waals surface area (Å²) >= 11 is 0. The number of methoxy groups -OCH3 is 1. The molecule has 0 aromatic heterocycles. The molecule has 0 spiro atoms. The van der Waals surface area contributed by atoms with E-state index in [9.17, 15) is 4.79 Å². The molecule has 0 aliphatic heterocycles. The van der Waals surface area contributed by atoms with Crippen molar-refractivity contribution < 1.29 is 19.0 Å². The Hall–Kier alpha value is -2.49. The maximum atomic E-state index is 12.8. The second-order valence-corrected chi connectivity index (χ2v) is 8.14. The minimum absolute atomic E-state index is 0.204. The molecule has 29 heavy (non-hydrogen) atoms. The fourth-order valence-corrected chi connectivity index (χ4v) is 3.55. The number of benzene rings is 2. The van der Waals surface area contributed by atoms with Crippen molar-refractivity contribution in [1.29, 1.82) is 0 Å². The number of esters is 1. The molecule has 2 aromatic rings. The molecule has 1 saturated carbocycles. The normalized spacial score (nSPS) is 14.5. The Morgan fingerprint density at radius 1 is 1.10 bits per heavy atom. The summed E-state index contributed by atoms with van der Waals surface area (Å²) in [5.74, 6) is 1.90. The third-order valence-corrected chi connectivity index (χ3v) is 5.24. The van der Waals surface area contributed by atoms with Crippen molar-refractivity contribution in [2.24, 2.45) is 11.8 Å². The van der Waals surface area contributed by atoms with Gasteiger partial charge in [-0.2, -0.15) is 0 Å². The molecule has 156 valence electrons. The first-order valence-corrected chi connectivity index (χ1v) is 10.6. The number of carbonyl (C=O) groups excluding carboxylic acids is 1. The topological polar surface area (TPSA) is 44.8 Å². The van der Waals surface area contributed by atoms with Gasteiger partial charge in [-0.05, 0) is 49.7 Å². The molecule has 4 heteroatoms. The van der Waals surface area contributed by atoms with Crippen LogP contribution in [-0.2, 0) is 9.53 Å². The van der Waals surface area contributed by atoms with Crippen LogP contribution >= 0.6 is 0 Å². The standard InChI is InChI=1S/C25H32O4/c1-5-28-25(26)22(13-17(2)3)21-14-20(19-9-7-6-8-10-19)24(15-23(21)27-4)29-16-18-11-12-18/h6-10,14-15,17-18,22H,5,11-13,16H2,1-4H3. The van der Waals surface area contributed by atoms with Crippen LogP contribution in [0, 0.1) is 11.8 Å². The predicted octanol–water partition coefficient (Wildman–Crippen LogP) is 5.84. The lowest BCUT2D eigenvalue weighted by Gasteiger charge is -2.23. The minimum atomic E-state index is -0.371. The van der Waals surface area contributed by atoms with Gasteiger partial charge in [0.2, 0.25) is 0 Å². The van der Waals surface area contributed by atoms with Gasteiger partial charge in [-0.3, -0.25) is 4.79 Å². The molecule has 1 unspecified atom stereocenters. The average molecular weight is 397 g/mol. The Bertz CT molecular complexity index is 809. The zero-order valence-corrected chi connectivity index (χ0v) is 17.9. The summed E-state index contributed by atoms with van der Waals surface area (Å²) in [7, 11) is 1.64. The second-order valence-electron chi connectivity index (χ2n) is 8.14. The van der Waals surface area contributed by atoms with Crippen LogP contribution in [0.25, 0.3) is 11.1 Å². The van der Waals surface area contributed by atoms with Gasteiger partial charge in [0.15, 0.2) is 0 Å². The van der Waals surface area contributed by atoms with Gasteiger partial charge in [0.05, 0.1) is 26.2 Å². The molecular formula is C25H32O4. The number of carbonyl (C=O) groups is 1. The van der Waals surface area contributed by atoms with Crippen molar-refractivity contribution in [2.75, 3.05) is 20.3 Å². The number of ether oxygens (including phenoxy) is 3. The van der Waals surface area contributed by atoms with Crippen LogP contribution in [0.3, 0.4) is 0 Å². The molecule has 0 heterocycles. The molecular weight excluding hydrogens is 364 g/mol. The van der Waals surface area contributed by atoms with Crippen molar-refractivity contribution in [3.63, 3.8) is 0 Å². The molecule has 1 aliphatic carbocycles. The van der Waals surface area contributed by atoms with E-state index >= 15 is 0 Å². The predicted molar refractivity (Wildman–Crippen MR) is 115 cm³/mol. The van der Waals surface area contributed by atoms with Gasteiger partial charge < -0.3 is 14.2 Å². The summed E-state index contributed by atoms with van der Waals surface area (Å²) in [5, 5.41) is 0. The van der Waals surface area contributed by atoms with Crippen LogP contribution < -0.4 is 9.47 Å². The Balaban J connectivity index is 2.07. The van der Waals surface area contributed by atoms with E-state index in [-0.39, 0.29) is 11.9 Å². The quantitative estimate of drug-likeness (QED) is 0.473. The van der Waals surface area contributed by atoms with E-state index in [4.69, 9.17) is 14.2 Å². The van der Waals surface area contributed by atoms with Gasteiger partial charge in [-0.25, -0.2) is 0 Å². The largest absolute Gasteiger partial charge is 0.496 e. The van der Waals surface area contributed by atoms with Crippen LogP contribution in [0.4, 0.5) is 0 Å². The first-order valence-electron chi connectivity index (χ1n) is 10.6. The van der Waals surface area contributed by atoms with Crippen molar-refractivity contribution in [1.82, 2.24) is 0 Å². The van der Waals surface area contributed by atoms with Crippen LogP contribution in [0.1, 0.15) is 51.5 Å². The first kappa shape index (κ1) is 21.2. The van der Waals surface area contributed by atoms with Crippen molar-refractivity contribution in [3.05, 3.63) is 48.0 Å². The molecule has 0 bridgehead atoms. The molecule has 3 rings (SSSR count). The minimum Gasteiger partial charge on any atom is -0.496 e. The van der Waals surface area contributed by atoms with E-state index < -0.39 is 0 Å². The second kappa shape index (κ2) is 9.82. The SMILES string of the molecule is CCOC(=O)C(CC(C)C)c1cc(-c2ccccc2)c(OCC2CC2)cc1OC. The van der Waals surface area contributed by atoms with Gasteiger partial charge in [0, 0.05) is 17.2 Å². The molecule has 0 radical (unpaired) electrons. The fourth-order valence-electron chi connectivity index (χ4n) is 3.55. The summed E-state index contributed by atoms with van der Waals surface area (Å²) in [4.78, 5) is 12.8. The molecule has 0 amide bonds. The van der Waals surface area contributed by atoms with Crippen LogP contribution in [0.15, 0.2) is 42.5 Å². The van der Waals surface area contributed by atoms with Gasteiger partial charge >= 0.3 is 5.97 Å². The summed E-state index contributed by atoms with van der Waals surface area (Å²) in [6.07, 6.45) is 3.16. The highest BCUT2D eigenvalue weighted by Gasteiger charge is 2.29. The highest BCUT2D eigenvalue weighted by molar-refractivity contribution is 5.82. The van der Waals surface area contributed by atoms with E-state index in [1.807, 2.05) is 31.2 Å². The molecule has 1 atom stereocenters. The smallest absolute Gasteiger partial charge is 0.313 e. The van der Waals surface area contributed by atoms with Crippen LogP contribution in [-0.4, -0.2) is 26.3 Å². The fraction of sp³-hybridized carbons (Fsp3) is 0.480. The van der Waals surface area contributed by atoms with Crippen molar-refractivity contribution in [3.8, 4) is 22.6 Å². The third-order valence-electron chi connectivity index (χ3n) is 5.24. The molecule has 4 nitrogen and oxygen atoms in total. The first-order chi connectivity index (χ1) is 14.0. The van der Waals surface area contributed by atoms with Gasteiger partial charge in [-0.15, -0.1) is 0 Å². The van der Waals surface area contributed by atoms with E-state index in [2.05, 4.69) is 32.0 Å². The number of hydrogen-bond donors (Lipinski definition) is 0. The van der Waals surface area contributed by atoms with E-state index in [1.165, 1.54) is 12.8 Å². The van der Waals surface area contributed by atoms with E-state index in [0.29, 0.717) is 30.6 Å². The summed E-state index contributed by atoms with van der Waals surface area (Å²) in [6, 6.07) is 14.2. The third kappa shape index (κ3) is 5.53. The van der Waals surface area contributed by atoms with Crippen LogP contribution in [0.5, 0.6) is 11.5 Å². The van der Waals surface area contributed by atoms with Crippen molar-refractivity contribution in [2.45, 2.75) is 46.0 Å². The molecule has 0 saturated heterocycles. The maximum absolute atomic E-state index is 12.8. The van der Waals surface area contributed by atoms with Crippen LogP contribution in [0.2, 0.25) is 0 Å². The highest BCUT2D eigenvalue weighted by Crippen LogP contribution is 2.42. The van der Waals surface area contributed by atoms with Gasteiger partial charge in [-0.1, -0.05) is 44.2 Å². The zero-order chi connectivity index (χ0) is 20.8. The zero-order valence-electron chi connectivity index (χ0n) is 17.9. The van der Waals surface area contributed by atoms with Gasteiger partial charge in [0.1, 0.15) is 11.5 Å². The molecule has 1 fully saturated rings. The summed E-state index contributed by atoms with van der Waals surface area (Å²) in [6.45, 7) is 7.15. The monoisotopic (exact) mass is 396 g/mol. The Morgan fingerprint density at radius 3 is 2.41 bits per heavy atom. The molecule has 1 aliphatic rings. The lowest BCUT2D eigenvalue weighted by Crippen LogP contribution is -2.19. The molecule has 2 aromatic carbocycles.